The second-order valence-electron chi connectivity index (χ2n) is 18.5. The lowest BCUT2D eigenvalue weighted by molar-refractivity contribution is -0.167. The molecule has 0 fully saturated rings. The van der Waals surface area contributed by atoms with Crippen molar-refractivity contribution in [2.75, 3.05) is 13.2 Å². The molecule has 0 N–H and O–H groups in total. The highest BCUT2D eigenvalue weighted by Gasteiger charge is 2.19. The molecule has 0 spiro atoms. The molecule has 0 amide bonds. The maximum absolute atomic E-state index is 12.8. The van der Waals surface area contributed by atoms with E-state index in [9.17, 15) is 14.4 Å². The molecule has 61 heavy (non-hydrogen) atoms. The molecule has 0 aliphatic heterocycles. The van der Waals surface area contributed by atoms with Gasteiger partial charge in [-0.2, -0.15) is 0 Å². The van der Waals surface area contributed by atoms with Crippen LogP contribution in [0.15, 0.2) is 12.2 Å². The highest BCUT2D eigenvalue weighted by molar-refractivity contribution is 5.71. The van der Waals surface area contributed by atoms with Crippen LogP contribution in [0.4, 0.5) is 0 Å². The number of esters is 3. The van der Waals surface area contributed by atoms with Crippen LogP contribution in [-0.4, -0.2) is 37.2 Å². The van der Waals surface area contributed by atoms with E-state index in [1.807, 2.05) is 0 Å². The molecule has 360 valence electrons. The first-order valence-corrected chi connectivity index (χ1v) is 27.2. The van der Waals surface area contributed by atoms with Crippen molar-refractivity contribution in [1.29, 1.82) is 0 Å². The summed E-state index contributed by atoms with van der Waals surface area (Å²) in [4.78, 5) is 38.0. The maximum Gasteiger partial charge on any atom is 0.306 e. The standard InChI is InChI=1S/C55H104O6/c1-4-7-10-13-16-19-22-25-27-28-31-33-36-39-42-45-48-54(57)60-51-52(50-59-53(56)47-44-41-38-35-32-29-24-21-18-15-12-9-6-3)61-55(58)49-46-43-40-37-34-30-26-23-20-17-14-11-8-5-2/h21,24,52H,4-20,22-23,25-51H2,1-3H3/b24-21+/t52-/m1/s1. The fourth-order valence-electron chi connectivity index (χ4n) is 8.14. The SMILES string of the molecule is CCCCCC/C=C/CCCCCCCC(=O)OC[C@H](COC(=O)CCCCCCCCCCCCCCCCCC)OC(=O)CCCCCCCCCCCCCCCC. The highest BCUT2D eigenvalue weighted by Crippen LogP contribution is 2.17. The van der Waals surface area contributed by atoms with Gasteiger partial charge >= 0.3 is 17.9 Å². The third kappa shape index (κ3) is 49.0. The van der Waals surface area contributed by atoms with Crippen LogP contribution in [0.1, 0.15) is 303 Å². The molecule has 6 heteroatoms. The van der Waals surface area contributed by atoms with Gasteiger partial charge in [-0.3, -0.25) is 14.4 Å². The van der Waals surface area contributed by atoms with E-state index >= 15 is 0 Å². The third-order valence-electron chi connectivity index (χ3n) is 12.3. The number of carbonyl (C=O) groups is 3. The fraction of sp³-hybridized carbons (Fsp3) is 0.909. The summed E-state index contributed by atoms with van der Waals surface area (Å²) < 4.78 is 16.8. The third-order valence-corrected chi connectivity index (χ3v) is 12.3. The minimum atomic E-state index is -0.766. The van der Waals surface area contributed by atoms with E-state index in [4.69, 9.17) is 14.2 Å². The zero-order valence-corrected chi connectivity index (χ0v) is 41.2. The van der Waals surface area contributed by atoms with Gasteiger partial charge in [-0.1, -0.05) is 251 Å². The highest BCUT2D eigenvalue weighted by atomic mass is 16.6. The summed E-state index contributed by atoms with van der Waals surface area (Å²) in [5.41, 5.74) is 0. The van der Waals surface area contributed by atoms with Crippen LogP contribution in [0.2, 0.25) is 0 Å². The summed E-state index contributed by atoms with van der Waals surface area (Å²) in [6, 6.07) is 0. The second kappa shape index (κ2) is 50.8. The molecule has 6 nitrogen and oxygen atoms in total. The Labute approximate surface area is 380 Å². The van der Waals surface area contributed by atoms with Crippen molar-refractivity contribution < 1.29 is 28.6 Å². The van der Waals surface area contributed by atoms with Gasteiger partial charge in [-0.25, -0.2) is 0 Å². The molecule has 0 rings (SSSR count). The van der Waals surface area contributed by atoms with E-state index in [1.54, 1.807) is 0 Å². The summed E-state index contributed by atoms with van der Waals surface area (Å²) >= 11 is 0. The Morgan fingerprint density at radius 1 is 0.311 bits per heavy atom. The number of carbonyl (C=O) groups excluding carboxylic acids is 3. The molecule has 0 unspecified atom stereocenters. The number of allylic oxidation sites excluding steroid dienone is 2. The summed E-state index contributed by atoms with van der Waals surface area (Å²) in [6.07, 6.45) is 56.2. The molecule has 0 bridgehead atoms. The van der Waals surface area contributed by atoms with E-state index in [2.05, 4.69) is 32.9 Å². The lowest BCUT2D eigenvalue weighted by atomic mass is 10.0. The van der Waals surface area contributed by atoms with E-state index in [0.29, 0.717) is 19.3 Å². The summed E-state index contributed by atoms with van der Waals surface area (Å²) in [5, 5.41) is 0. The molecule has 0 radical (unpaired) electrons. The van der Waals surface area contributed by atoms with Gasteiger partial charge < -0.3 is 14.2 Å². The van der Waals surface area contributed by atoms with Crippen LogP contribution in [-0.2, 0) is 28.6 Å². The van der Waals surface area contributed by atoms with Crippen molar-refractivity contribution in [3.8, 4) is 0 Å². The van der Waals surface area contributed by atoms with Gasteiger partial charge in [0, 0.05) is 19.3 Å². The molecule has 0 aliphatic carbocycles. The van der Waals surface area contributed by atoms with Gasteiger partial charge in [0.05, 0.1) is 0 Å². The van der Waals surface area contributed by atoms with Gasteiger partial charge in [0.15, 0.2) is 6.10 Å². The Bertz CT molecular complexity index is 947. The van der Waals surface area contributed by atoms with Crippen LogP contribution in [0.3, 0.4) is 0 Å². The molecule has 0 saturated carbocycles. The van der Waals surface area contributed by atoms with E-state index in [1.165, 1.54) is 199 Å². The average Bonchev–Trinajstić information content (AvgIpc) is 3.26. The van der Waals surface area contributed by atoms with Crippen molar-refractivity contribution in [2.24, 2.45) is 0 Å². The largest absolute Gasteiger partial charge is 0.462 e. The molecule has 0 heterocycles. The predicted molar refractivity (Wildman–Crippen MR) is 261 cm³/mol. The Morgan fingerprint density at radius 3 is 0.836 bits per heavy atom. The molecule has 0 aliphatic rings. The number of hydrogen-bond donors (Lipinski definition) is 0. The van der Waals surface area contributed by atoms with Crippen LogP contribution >= 0.6 is 0 Å². The van der Waals surface area contributed by atoms with Gasteiger partial charge in [0.2, 0.25) is 0 Å². The molecule has 0 aromatic rings. The van der Waals surface area contributed by atoms with E-state index in [-0.39, 0.29) is 31.1 Å². The number of ether oxygens (including phenoxy) is 3. The summed E-state index contributed by atoms with van der Waals surface area (Å²) in [5.74, 6) is -0.856. The second-order valence-corrected chi connectivity index (χ2v) is 18.5. The number of rotatable bonds is 50. The Kier molecular flexibility index (Phi) is 49.3. The Balaban J connectivity index is 4.32. The number of unbranched alkanes of at least 4 members (excludes halogenated alkanes) is 37. The van der Waals surface area contributed by atoms with Crippen molar-refractivity contribution in [3.05, 3.63) is 12.2 Å². The first kappa shape index (κ1) is 59.1. The fourth-order valence-corrected chi connectivity index (χ4v) is 8.14. The lowest BCUT2D eigenvalue weighted by Crippen LogP contribution is -2.30. The zero-order valence-electron chi connectivity index (χ0n) is 41.2. The van der Waals surface area contributed by atoms with Crippen molar-refractivity contribution in [3.63, 3.8) is 0 Å². The monoisotopic (exact) mass is 861 g/mol. The van der Waals surface area contributed by atoms with Crippen molar-refractivity contribution in [1.82, 2.24) is 0 Å². The van der Waals surface area contributed by atoms with Crippen LogP contribution in [0, 0.1) is 0 Å². The molecule has 0 saturated heterocycles. The first-order chi connectivity index (χ1) is 30.0. The van der Waals surface area contributed by atoms with E-state index in [0.717, 1.165) is 64.2 Å². The Hall–Kier alpha value is -1.85. The first-order valence-electron chi connectivity index (χ1n) is 27.2. The zero-order chi connectivity index (χ0) is 44.4. The molecular weight excluding hydrogens is 757 g/mol. The average molecular weight is 861 g/mol. The van der Waals surface area contributed by atoms with Crippen LogP contribution in [0.25, 0.3) is 0 Å². The predicted octanol–water partition coefficient (Wildman–Crippen LogP) is 17.8. The topological polar surface area (TPSA) is 78.9 Å². The lowest BCUT2D eigenvalue weighted by Gasteiger charge is -2.18. The minimum absolute atomic E-state index is 0.0668. The molecular formula is C55H104O6. The summed E-state index contributed by atoms with van der Waals surface area (Å²) in [6.45, 7) is 6.66. The Morgan fingerprint density at radius 2 is 0.541 bits per heavy atom. The molecule has 0 aromatic carbocycles. The summed E-state index contributed by atoms with van der Waals surface area (Å²) in [7, 11) is 0. The smallest absolute Gasteiger partial charge is 0.306 e. The van der Waals surface area contributed by atoms with Crippen LogP contribution in [0.5, 0.6) is 0 Å². The number of hydrogen-bond acceptors (Lipinski definition) is 6. The van der Waals surface area contributed by atoms with Crippen molar-refractivity contribution in [2.45, 2.75) is 309 Å². The van der Waals surface area contributed by atoms with E-state index < -0.39 is 6.10 Å². The van der Waals surface area contributed by atoms with Gasteiger partial charge in [0.25, 0.3) is 0 Å². The van der Waals surface area contributed by atoms with Gasteiger partial charge in [0.1, 0.15) is 13.2 Å². The van der Waals surface area contributed by atoms with Crippen molar-refractivity contribution >= 4 is 17.9 Å². The maximum atomic E-state index is 12.8. The normalized spacial score (nSPS) is 12.0. The molecule has 1 atom stereocenters. The quantitative estimate of drug-likeness (QED) is 0.0262. The van der Waals surface area contributed by atoms with Gasteiger partial charge in [-0.05, 0) is 44.9 Å². The molecule has 0 aromatic heterocycles. The minimum Gasteiger partial charge on any atom is -0.462 e. The van der Waals surface area contributed by atoms with Crippen LogP contribution < -0.4 is 0 Å². The van der Waals surface area contributed by atoms with Gasteiger partial charge in [-0.15, -0.1) is 0 Å².